The summed E-state index contributed by atoms with van der Waals surface area (Å²) >= 11 is 1.16. The van der Waals surface area contributed by atoms with E-state index in [0.717, 1.165) is 28.4 Å². The second-order valence-corrected chi connectivity index (χ2v) is 5.29. The summed E-state index contributed by atoms with van der Waals surface area (Å²) in [5.74, 6) is -0.278. The molecule has 0 radical (unpaired) electrons. The van der Waals surface area contributed by atoms with E-state index in [9.17, 15) is 4.79 Å². The van der Waals surface area contributed by atoms with Crippen molar-refractivity contribution in [1.82, 2.24) is 25.0 Å². The van der Waals surface area contributed by atoms with E-state index in [1.165, 1.54) is 0 Å². The second kappa shape index (κ2) is 5.57. The van der Waals surface area contributed by atoms with Crippen molar-refractivity contribution >= 4 is 28.6 Å². The van der Waals surface area contributed by atoms with Gasteiger partial charge in [0.25, 0.3) is 0 Å². The Balaban J connectivity index is 2.04. The van der Waals surface area contributed by atoms with Crippen molar-refractivity contribution in [3.8, 4) is 11.5 Å². The van der Waals surface area contributed by atoms with Crippen molar-refractivity contribution in [2.24, 2.45) is 0 Å². The summed E-state index contributed by atoms with van der Waals surface area (Å²) in [5.41, 5.74) is 1.65. The fraction of sp³-hybridized carbons (Fsp3) is 0.231. The van der Waals surface area contributed by atoms with Crippen LogP contribution in [0.3, 0.4) is 0 Å². The van der Waals surface area contributed by atoms with Crippen LogP contribution in [0.1, 0.15) is 6.92 Å². The minimum absolute atomic E-state index is 0.0422. The zero-order valence-electron chi connectivity index (χ0n) is 11.3. The third-order valence-corrected chi connectivity index (χ3v) is 3.99. The van der Waals surface area contributed by atoms with Gasteiger partial charge in [-0.3, -0.25) is 9.89 Å². The molecule has 21 heavy (non-hydrogen) atoms. The van der Waals surface area contributed by atoms with E-state index in [2.05, 4.69) is 20.4 Å². The molecule has 2 aromatic heterocycles. The van der Waals surface area contributed by atoms with Crippen LogP contribution in [-0.4, -0.2) is 41.8 Å². The molecule has 1 aromatic carbocycles. The van der Waals surface area contributed by atoms with Crippen LogP contribution in [0.4, 0.5) is 0 Å². The lowest BCUT2D eigenvalue weighted by Crippen LogP contribution is -2.03. The number of hydrogen-bond donors (Lipinski definition) is 2. The summed E-state index contributed by atoms with van der Waals surface area (Å²) in [6, 6.07) is 7.78. The van der Waals surface area contributed by atoms with Crippen LogP contribution in [0, 0.1) is 0 Å². The van der Waals surface area contributed by atoms with E-state index in [4.69, 9.17) is 5.11 Å². The Morgan fingerprint density at radius 2 is 2.19 bits per heavy atom. The maximum absolute atomic E-state index is 10.7. The average Bonchev–Trinajstić information content (AvgIpc) is 3.08. The lowest BCUT2D eigenvalue weighted by Gasteiger charge is -2.04. The zero-order valence-corrected chi connectivity index (χ0v) is 12.1. The number of aromatic amines is 1. The highest BCUT2D eigenvalue weighted by atomic mass is 32.2. The number of carbonyl (C=O) groups is 1. The molecule has 0 spiro atoms. The van der Waals surface area contributed by atoms with Gasteiger partial charge in [0, 0.05) is 11.9 Å². The fourth-order valence-corrected chi connectivity index (χ4v) is 2.84. The number of fused-ring (bicyclic) bond motifs is 1. The number of para-hydroxylation sites is 1. The van der Waals surface area contributed by atoms with Gasteiger partial charge in [-0.1, -0.05) is 30.0 Å². The van der Waals surface area contributed by atoms with Crippen LogP contribution in [0.25, 0.3) is 22.4 Å². The minimum Gasteiger partial charge on any atom is -0.481 e. The van der Waals surface area contributed by atoms with Crippen LogP contribution >= 0.6 is 11.8 Å². The molecule has 8 heteroatoms. The first kappa shape index (κ1) is 13.6. The molecule has 0 aliphatic carbocycles. The summed E-state index contributed by atoms with van der Waals surface area (Å²) in [7, 11) is 0. The number of hydrogen-bond acceptors (Lipinski definition) is 5. The number of aromatic nitrogens is 5. The Hall–Kier alpha value is -2.35. The van der Waals surface area contributed by atoms with Crippen LogP contribution in [0.5, 0.6) is 0 Å². The highest BCUT2D eigenvalue weighted by molar-refractivity contribution is 7.99. The Bertz CT molecular complexity index is 795. The number of nitrogens with zero attached hydrogens (tertiary/aromatic N) is 4. The monoisotopic (exact) mass is 303 g/mol. The highest BCUT2D eigenvalue weighted by Gasteiger charge is 2.18. The normalized spacial score (nSPS) is 11.1. The van der Waals surface area contributed by atoms with Gasteiger partial charge in [0.2, 0.25) is 0 Å². The minimum atomic E-state index is -0.877. The summed E-state index contributed by atoms with van der Waals surface area (Å²) < 4.78 is 1.87. The molecular formula is C13H13N5O2S. The molecule has 0 unspecified atom stereocenters. The molecule has 2 N–H and O–H groups in total. The van der Waals surface area contributed by atoms with Gasteiger partial charge >= 0.3 is 5.97 Å². The first-order valence-electron chi connectivity index (χ1n) is 6.42. The molecule has 0 saturated heterocycles. The Morgan fingerprint density at radius 1 is 1.38 bits per heavy atom. The molecule has 2 heterocycles. The standard InChI is InChI=1S/C13H13N5O2S/c1-2-18-12(16-17-13(18)21-7-10(19)20)11-8-5-3-4-6-9(8)14-15-11/h3-6H,2,7H2,1H3,(H,14,15)(H,19,20). The van der Waals surface area contributed by atoms with Crippen LogP contribution in [-0.2, 0) is 11.3 Å². The number of carboxylic acid groups (broad SMARTS) is 1. The second-order valence-electron chi connectivity index (χ2n) is 4.35. The van der Waals surface area contributed by atoms with Crippen molar-refractivity contribution in [2.75, 3.05) is 5.75 Å². The van der Waals surface area contributed by atoms with Gasteiger partial charge in [0.1, 0.15) is 5.69 Å². The third-order valence-electron chi connectivity index (χ3n) is 3.04. The topological polar surface area (TPSA) is 96.7 Å². The van der Waals surface area contributed by atoms with Gasteiger partial charge in [0.15, 0.2) is 11.0 Å². The first-order valence-corrected chi connectivity index (χ1v) is 7.40. The van der Waals surface area contributed by atoms with E-state index >= 15 is 0 Å². The molecule has 3 rings (SSSR count). The predicted octanol–water partition coefficient (Wildman–Crippen LogP) is 2.02. The molecule has 0 aliphatic rings. The molecule has 0 aliphatic heterocycles. The van der Waals surface area contributed by atoms with Crippen molar-refractivity contribution < 1.29 is 9.90 Å². The summed E-state index contributed by atoms with van der Waals surface area (Å²) in [6.45, 7) is 2.61. The predicted molar refractivity (Wildman–Crippen MR) is 79.1 cm³/mol. The molecule has 0 fully saturated rings. The number of H-pyrrole nitrogens is 1. The maximum Gasteiger partial charge on any atom is 0.313 e. The zero-order chi connectivity index (χ0) is 14.8. The number of aliphatic carboxylic acids is 1. The number of carboxylic acids is 1. The molecule has 0 amide bonds. The SMILES string of the molecule is CCn1c(SCC(=O)O)nnc1-c1n[nH]c2ccccc12. The molecule has 7 nitrogen and oxygen atoms in total. The molecular weight excluding hydrogens is 290 g/mol. The van der Waals surface area contributed by atoms with Crippen molar-refractivity contribution in [3.05, 3.63) is 24.3 Å². The molecule has 108 valence electrons. The number of rotatable bonds is 5. The van der Waals surface area contributed by atoms with Gasteiger partial charge in [-0.05, 0) is 13.0 Å². The molecule has 3 aromatic rings. The van der Waals surface area contributed by atoms with Gasteiger partial charge < -0.3 is 9.67 Å². The van der Waals surface area contributed by atoms with E-state index < -0.39 is 5.97 Å². The van der Waals surface area contributed by atoms with Gasteiger partial charge in [-0.2, -0.15) is 5.10 Å². The number of benzene rings is 1. The van der Waals surface area contributed by atoms with Crippen molar-refractivity contribution in [2.45, 2.75) is 18.6 Å². The largest absolute Gasteiger partial charge is 0.481 e. The average molecular weight is 303 g/mol. The molecule has 0 atom stereocenters. The van der Waals surface area contributed by atoms with Crippen LogP contribution < -0.4 is 0 Å². The van der Waals surface area contributed by atoms with Crippen LogP contribution in [0.2, 0.25) is 0 Å². The van der Waals surface area contributed by atoms with Gasteiger partial charge in [-0.25, -0.2) is 0 Å². The maximum atomic E-state index is 10.7. The Morgan fingerprint density at radius 3 is 2.95 bits per heavy atom. The number of thioether (sulfide) groups is 1. The van der Waals surface area contributed by atoms with Gasteiger partial charge in [-0.15, -0.1) is 10.2 Å². The quantitative estimate of drug-likeness (QED) is 0.700. The van der Waals surface area contributed by atoms with Crippen LogP contribution in [0.15, 0.2) is 29.4 Å². The van der Waals surface area contributed by atoms with E-state index in [1.54, 1.807) is 0 Å². The Kier molecular flexibility index (Phi) is 3.61. The van der Waals surface area contributed by atoms with E-state index in [0.29, 0.717) is 17.5 Å². The molecule has 0 saturated carbocycles. The summed E-state index contributed by atoms with van der Waals surface area (Å²) in [4.78, 5) is 10.7. The van der Waals surface area contributed by atoms with Crippen molar-refractivity contribution in [1.29, 1.82) is 0 Å². The van der Waals surface area contributed by atoms with Gasteiger partial charge in [0.05, 0.1) is 11.3 Å². The summed E-state index contributed by atoms with van der Waals surface area (Å²) in [6.07, 6.45) is 0. The number of nitrogens with one attached hydrogen (secondary N) is 1. The lowest BCUT2D eigenvalue weighted by atomic mass is 10.2. The Labute approximate surface area is 124 Å². The van der Waals surface area contributed by atoms with Crippen molar-refractivity contribution in [3.63, 3.8) is 0 Å². The smallest absolute Gasteiger partial charge is 0.313 e. The first-order chi connectivity index (χ1) is 10.2. The lowest BCUT2D eigenvalue weighted by molar-refractivity contribution is -0.133. The highest BCUT2D eigenvalue weighted by Crippen LogP contribution is 2.27. The fourth-order valence-electron chi connectivity index (χ4n) is 2.12. The molecule has 0 bridgehead atoms. The van der Waals surface area contributed by atoms with E-state index in [1.807, 2.05) is 35.8 Å². The van der Waals surface area contributed by atoms with E-state index in [-0.39, 0.29) is 5.75 Å². The third kappa shape index (κ3) is 2.49. The summed E-state index contributed by atoms with van der Waals surface area (Å²) in [5, 5.41) is 25.9.